The first kappa shape index (κ1) is 28.2. The number of allylic oxidation sites excluding steroid dienone is 4. The van der Waals surface area contributed by atoms with Crippen LogP contribution < -0.4 is 21.9 Å². The van der Waals surface area contributed by atoms with E-state index in [1.807, 2.05) is 0 Å². The van der Waals surface area contributed by atoms with Gasteiger partial charge in [-0.1, -0.05) is 146 Å². The summed E-state index contributed by atoms with van der Waals surface area (Å²) >= 11 is 9.53. The average molecular weight is 599 g/mol. The third-order valence-electron chi connectivity index (χ3n) is 6.95. The maximum Gasteiger partial charge on any atom is 0.108 e. The third kappa shape index (κ3) is 6.49. The molecule has 1 radical (unpaired) electrons. The molecule has 0 aliphatic heterocycles. The van der Waals surface area contributed by atoms with Gasteiger partial charge in [0, 0.05) is 19.5 Å². The second kappa shape index (κ2) is 14.4. The fraction of sp³-hybridized carbons (Fsp3) is 0.125. The van der Waals surface area contributed by atoms with Crippen molar-refractivity contribution in [1.29, 1.82) is 0 Å². The first-order valence-corrected chi connectivity index (χ1v) is 13.2. The number of hydrogen-bond acceptors (Lipinski definition) is 0. The van der Waals surface area contributed by atoms with Gasteiger partial charge in [-0.15, -0.1) is 23.2 Å². The van der Waals surface area contributed by atoms with E-state index in [0.717, 1.165) is 11.8 Å². The monoisotopic (exact) mass is 598 g/mol. The third-order valence-corrected chi connectivity index (χ3v) is 6.95. The molecule has 0 fully saturated rings. The molecule has 0 unspecified atom stereocenters. The fourth-order valence-corrected chi connectivity index (χ4v) is 5.45. The van der Waals surface area contributed by atoms with Crippen LogP contribution in [0, 0.1) is 11.8 Å². The van der Waals surface area contributed by atoms with Gasteiger partial charge < -0.3 is 0 Å². The smallest absolute Gasteiger partial charge is 0.108 e. The molecule has 4 aromatic carbocycles. The molecule has 4 aromatic rings. The summed E-state index contributed by atoms with van der Waals surface area (Å²) in [6, 6.07) is 43.5. The number of rotatable bonds is 4. The van der Waals surface area contributed by atoms with E-state index in [4.69, 9.17) is 23.2 Å². The van der Waals surface area contributed by atoms with E-state index in [2.05, 4.69) is 146 Å². The van der Waals surface area contributed by atoms with Gasteiger partial charge >= 0.3 is 0 Å². The second-order valence-corrected chi connectivity index (χ2v) is 9.75. The zero-order chi connectivity index (χ0) is 24.3. The molecule has 2 bridgehead atoms. The number of halogens is 2. The molecule has 0 N–H and O–H groups in total. The van der Waals surface area contributed by atoms with Crippen LogP contribution in [0.25, 0.3) is 0 Å². The standard InChI is InChI=1S/C24H20B.C7H8.CH2Cl2.Rh/c1-5-13-21(14-6-1)25(22-15-7-2-8-16-22,23-17-9-3-10-18-23)24-19-11-4-12-20-24;1-2-7-4-3-6(1)5-7;2-1-3;/h1-20H;1-4,6-7H,5H2;1H2;/q-1;;;. The van der Waals surface area contributed by atoms with Crippen molar-refractivity contribution in [3.05, 3.63) is 146 Å². The van der Waals surface area contributed by atoms with Crippen LogP contribution in [0.4, 0.5) is 0 Å². The van der Waals surface area contributed by atoms with Crippen molar-refractivity contribution in [2.45, 2.75) is 6.42 Å². The Morgan fingerprint density at radius 2 is 0.694 bits per heavy atom. The molecule has 0 saturated carbocycles. The zero-order valence-corrected chi connectivity index (χ0v) is 23.2. The van der Waals surface area contributed by atoms with E-state index in [1.165, 1.54) is 28.3 Å². The van der Waals surface area contributed by atoms with Crippen molar-refractivity contribution in [3.63, 3.8) is 0 Å². The SMILES string of the molecule is C1=CC2C=CC1C2.ClCCl.[Rh].c1ccc([B-](c2ccccc2)(c2ccccc2)c2ccccc2)cc1. The largest absolute Gasteiger partial charge is 0.195 e. The van der Waals surface area contributed by atoms with Crippen LogP contribution >= 0.6 is 23.2 Å². The second-order valence-electron chi connectivity index (χ2n) is 8.94. The van der Waals surface area contributed by atoms with Crippen LogP contribution in [0.3, 0.4) is 0 Å². The zero-order valence-electron chi connectivity index (χ0n) is 20.1. The van der Waals surface area contributed by atoms with E-state index in [-0.39, 0.29) is 24.8 Å². The summed E-state index contributed by atoms with van der Waals surface area (Å²) < 4.78 is 0. The predicted molar refractivity (Wildman–Crippen MR) is 157 cm³/mol. The summed E-state index contributed by atoms with van der Waals surface area (Å²) in [5.74, 6) is 1.62. The van der Waals surface area contributed by atoms with Gasteiger partial charge in [0.05, 0.1) is 5.34 Å². The van der Waals surface area contributed by atoms with Gasteiger partial charge in [0.15, 0.2) is 0 Å². The van der Waals surface area contributed by atoms with Crippen LogP contribution in [-0.4, -0.2) is 11.5 Å². The van der Waals surface area contributed by atoms with Crippen molar-refractivity contribution >= 4 is 51.2 Å². The van der Waals surface area contributed by atoms with Crippen molar-refractivity contribution in [2.75, 3.05) is 5.34 Å². The molecule has 0 nitrogen and oxygen atoms in total. The Bertz CT molecular complexity index is 1020. The summed E-state index contributed by atoms with van der Waals surface area (Å²) in [6.07, 6.45) is 9.33. The van der Waals surface area contributed by atoms with E-state index in [0.29, 0.717) is 0 Å². The Morgan fingerprint density at radius 1 is 0.472 bits per heavy atom. The average Bonchev–Trinajstić information content (AvgIpc) is 3.59. The van der Waals surface area contributed by atoms with Gasteiger partial charge in [-0.25, -0.2) is 0 Å². The molecule has 0 saturated heterocycles. The summed E-state index contributed by atoms with van der Waals surface area (Å²) in [7, 11) is 0. The van der Waals surface area contributed by atoms with Gasteiger partial charge in [-0.05, 0) is 18.3 Å². The van der Waals surface area contributed by atoms with Crippen LogP contribution in [0.15, 0.2) is 146 Å². The maximum absolute atomic E-state index is 4.76. The first-order chi connectivity index (χ1) is 17.3. The Labute approximate surface area is 238 Å². The maximum atomic E-state index is 4.76. The molecule has 0 aromatic heterocycles. The minimum Gasteiger partial charge on any atom is -0.195 e. The normalized spacial score (nSPS) is 16.7. The van der Waals surface area contributed by atoms with Crippen molar-refractivity contribution in [3.8, 4) is 0 Å². The van der Waals surface area contributed by atoms with E-state index >= 15 is 0 Å². The van der Waals surface area contributed by atoms with Crippen molar-refractivity contribution in [1.82, 2.24) is 0 Å². The van der Waals surface area contributed by atoms with E-state index < -0.39 is 6.15 Å². The van der Waals surface area contributed by atoms with Crippen molar-refractivity contribution in [2.24, 2.45) is 11.8 Å². The Hall–Kier alpha value is -2.37. The number of benzene rings is 4. The van der Waals surface area contributed by atoms with Crippen LogP contribution in [0.1, 0.15) is 6.42 Å². The van der Waals surface area contributed by atoms with Crippen LogP contribution in [0.5, 0.6) is 0 Å². The van der Waals surface area contributed by atoms with Crippen LogP contribution in [-0.2, 0) is 19.5 Å². The number of fused-ring (bicyclic) bond motifs is 2. The number of hydrogen-bond donors (Lipinski definition) is 0. The summed E-state index contributed by atoms with van der Waals surface area (Å²) in [5.41, 5.74) is 5.36. The molecular weight excluding hydrogens is 569 g/mol. The Morgan fingerprint density at radius 3 is 0.861 bits per heavy atom. The molecule has 0 atom stereocenters. The van der Waals surface area contributed by atoms with Crippen LogP contribution in [0.2, 0.25) is 0 Å². The van der Waals surface area contributed by atoms with Gasteiger partial charge in [0.2, 0.25) is 0 Å². The summed E-state index contributed by atoms with van der Waals surface area (Å²) in [5, 5.41) is 0.194. The van der Waals surface area contributed by atoms with Gasteiger partial charge in [0.1, 0.15) is 6.15 Å². The molecule has 4 heteroatoms. The molecule has 2 aliphatic rings. The summed E-state index contributed by atoms with van der Waals surface area (Å²) in [6.45, 7) is 0. The van der Waals surface area contributed by atoms with E-state index in [9.17, 15) is 0 Å². The molecular formula is C32H30BCl2Rh-. The minimum absolute atomic E-state index is 0. The van der Waals surface area contributed by atoms with E-state index in [1.54, 1.807) is 0 Å². The van der Waals surface area contributed by atoms with Gasteiger partial charge in [0.25, 0.3) is 0 Å². The quantitative estimate of drug-likeness (QED) is 0.148. The molecule has 0 amide bonds. The van der Waals surface area contributed by atoms with Gasteiger partial charge in [-0.3, -0.25) is 0 Å². The fourth-order valence-electron chi connectivity index (χ4n) is 5.45. The minimum atomic E-state index is -1.22. The first-order valence-electron chi connectivity index (χ1n) is 12.1. The predicted octanol–water partition coefficient (Wildman–Crippen LogP) is 6.23. The topological polar surface area (TPSA) is 0 Å². The molecule has 36 heavy (non-hydrogen) atoms. The van der Waals surface area contributed by atoms with Gasteiger partial charge in [-0.2, -0.15) is 21.9 Å². The van der Waals surface area contributed by atoms with Crippen molar-refractivity contribution < 1.29 is 19.5 Å². The Balaban J connectivity index is 0.000000274. The molecule has 185 valence electrons. The molecule has 6 rings (SSSR count). The molecule has 0 heterocycles. The molecule has 0 spiro atoms. The Kier molecular flexibility index (Phi) is 11.3. The number of alkyl halides is 2. The molecule has 2 aliphatic carbocycles. The summed E-state index contributed by atoms with van der Waals surface area (Å²) in [4.78, 5) is 0.